The summed E-state index contributed by atoms with van der Waals surface area (Å²) in [6.45, 7) is 0. The Morgan fingerprint density at radius 2 is 2.00 bits per heavy atom. The molecular formula is C17H17BrClN. The summed E-state index contributed by atoms with van der Waals surface area (Å²) >= 11 is 9.65. The molecule has 0 saturated carbocycles. The number of fused-ring (bicyclic) bond motifs is 1. The number of benzene rings is 2. The summed E-state index contributed by atoms with van der Waals surface area (Å²) in [5.41, 5.74) is 3.97. The van der Waals surface area contributed by atoms with Crippen molar-refractivity contribution in [2.75, 3.05) is 5.32 Å². The van der Waals surface area contributed by atoms with Crippen LogP contribution in [0.15, 0.2) is 46.9 Å². The molecule has 1 aliphatic rings. The molecule has 0 bridgehead atoms. The molecule has 0 amide bonds. The van der Waals surface area contributed by atoms with Gasteiger partial charge >= 0.3 is 0 Å². The minimum Gasteiger partial charge on any atom is -0.382 e. The number of halogens is 2. The van der Waals surface area contributed by atoms with Gasteiger partial charge in [0.05, 0.1) is 5.02 Å². The molecule has 2 aromatic carbocycles. The van der Waals surface area contributed by atoms with Gasteiger partial charge in [-0.3, -0.25) is 0 Å². The lowest BCUT2D eigenvalue weighted by molar-refractivity contribution is 0.586. The van der Waals surface area contributed by atoms with Crippen LogP contribution in [0.4, 0.5) is 5.69 Å². The maximum Gasteiger partial charge on any atom is 0.0552 e. The van der Waals surface area contributed by atoms with Crippen LogP contribution in [0.2, 0.25) is 5.02 Å². The molecule has 20 heavy (non-hydrogen) atoms. The molecule has 1 atom stereocenters. The van der Waals surface area contributed by atoms with Crippen molar-refractivity contribution in [3.8, 4) is 0 Å². The topological polar surface area (TPSA) is 12.0 Å². The van der Waals surface area contributed by atoms with Crippen molar-refractivity contribution in [1.82, 2.24) is 0 Å². The fourth-order valence-corrected chi connectivity index (χ4v) is 3.28. The van der Waals surface area contributed by atoms with Crippen LogP contribution in [0.1, 0.15) is 24.0 Å². The van der Waals surface area contributed by atoms with Crippen LogP contribution in [-0.4, -0.2) is 6.04 Å². The van der Waals surface area contributed by atoms with Crippen molar-refractivity contribution in [3.63, 3.8) is 0 Å². The Morgan fingerprint density at radius 1 is 1.20 bits per heavy atom. The van der Waals surface area contributed by atoms with Crippen molar-refractivity contribution in [2.24, 2.45) is 0 Å². The molecule has 1 nitrogen and oxygen atoms in total. The highest BCUT2D eigenvalue weighted by molar-refractivity contribution is 9.10. The highest BCUT2D eigenvalue weighted by atomic mass is 79.9. The molecule has 0 aromatic heterocycles. The molecule has 1 aliphatic heterocycles. The molecule has 104 valence electrons. The number of rotatable bonds is 3. The Labute approximate surface area is 133 Å². The summed E-state index contributed by atoms with van der Waals surface area (Å²) in [5.74, 6) is 0. The molecule has 1 unspecified atom stereocenters. The molecular weight excluding hydrogens is 334 g/mol. The van der Waals surface area contributed by atoms with E-state index in [-0.39, 0.29) is 0 Å². The Balaban J connectivity index is 1.65. The van der Waals surface area contributed by atoms with Crippen molar-refractivity contribution < 1.29 is 0 Å². The lowest BCUT2D eigenvalue weighted by atomic mass is 9.94. The van der Waals surface area contributed by atoms with E-state index in [4.69, 9.17) is 11.6 Å². The monoisotopic (exact) mass is 349 g/mol. The molecule has 0 spiro atoms. The lowest BCUT2D eigenvalue weighted by Crippen LogP contribution is -2.26. The third kappa shape index (κ3) is 3.18. The van der Waals surface area contributed by atoms with E-state index < -0.39 is 0 Å². The van der Waals surface area contributed by atoms with E-state index in [1.165, 1.54) is 29.7 Å². The number of hydrogen-bond acceptors (Lipinski definition) is 1. The van der Waals surface area contributed by atoms with E-state index in [0.717, 1.165) is 22.3 Å². The first-order valence-electron chi connectivity index (χ1n) is 7.01. The highest BCUT2D eigenvalue weighted by Crippen LogP contribution is 2.34. The molecule has 0 aliphatic carbocycles. The molecule has 2 aromatic rings. The van der Waals surface area contributed by atoms with E-state index in [0.29, 0.717) is 6.04 Å². The predicted octanol–water partition coefficient (Wildman–Crippen LogP) is 5.46. The zero-order chi connectivity index (χ0) is 13.9. The van der Waals surface area contributed by atoms with Gasteiger partial charge in [0.2, 0.25) is 0 Å². The van der Waals surface area contributed by atoms with Crippen LogP contribution in [0.25, 0.3) is 0 Å². The fourth-order valence-electron chi connectivity index (χ4n) is 2.75. The maximum absolute atomic E-state index is 6.15. The minimum atomic E-state index is 0.552. The zero-order valence-electron chi connectivity index (χ0n) is 11.2. The van der Waals surface area contributed by atoms with Gasteiger partial charge < -0.3 is 5.32 Å². The smallest absolute Gasteiger partial charge is 0.0552 e. The molecule has 0 fully saturated rings. The zero-order valence-corrected chi connectivity index (χ0v) is 13.5. The van der Waals surface area contributed by atoms with E-state index >= 15 is 0 Å². The van der Waals surface area contributed by atoms with Crippen LogP contribution in [0, 0.1) is 0 Å². The van der Waals surface area contributed by atoms with Crippen LogP contribution in [0.3, 0.4) is 0 Å². The summed E-state index contributed by atoms with van der Waals surface area (Å²) in [7, 11) is 0. The first-order valence-corrected chi connectivity index (χ1v) is 8.18. The Kier molecular flexibility index (Phi) is 4.32. The van der Waals surface area contributed by atoms with Crippen LogP contribution < -0.4 is 5.32 Å². The van der Waals surface area contributed by atoms with E-state index in [1.54, 1.807) is 0 Å². The van der Waals surface area contributed by atoms with Crippen molar-refractivity contribution in [1.29, 1.82) is 0 Å². The molecule has 0 radical (unpaired) electrons. The average Bonchev–Trinajstić information content (AvgIpc) is 2.47. The van der Waals surface area contributed by atoms with Crippen molar-refractivity contribution >= 4 is 33.2 Å². The van der Waals surface area contributed by atoms with Crippen molar-refractivity contribution in [2.45, 2.75) is 31.7 Å². The first kappa shape index (κ1) is 14.0. The SMILES string of the molecule is Clc1cc2c(cc1Br)NC(CCc1ccccc1)CC2. The molecule has 3 heteroatoms. The van der Waals surface area contributed by atoms with E-state index in [1.807, 2.05) is 0 Å². The van der Waals surface area contributed by atoms with Crippen LogP contribution >= 0.6 is 27.5 Å². The number of aryl methyl sites for hydroxylation is 2. The molecule has 0 saturated heterocycles. The standard InChI is InChI=1S/C17H17BrClN/c18-15-11-17-13(10-16(15)19)7-9-14(20-17)8-6-12-4-2-1-3-5-12/h1-5,10-11,14,20H,6-9H2. The fraction of sp³-hybridized carbons (Fsp3) is 0.294. The van der Waals surface area contributed by atoms with Gasteiger partial charge in [-0.1, -0.05) is 41.9 Å². The maximum atomic E-state index is 6.15. The van der Waals surface area contributed by atoms with Crippen molar-refractivity contribution in [3.05, 3.63) is 63.1 Å². The summed E-state index contributed by atoms with van der Waals surface area (Å²) in [6.07, 6.45) is 4.58. The Morgan fingerprint density at radius 3 is 2.80 bits per heavy atom. The molecule has 1 N–H and O–H groups in total. The summed E-state index contributed by atoms with van der Waals surface area (Å²) in [6, 6.07) is 15.4. The quantitative estimate of drug-likeness (QED) is 0.775. The van der Waals surface area contributed by atoms with Gasteiger partial charge in [-0.05, 0) is 64.9 Å². The van der Waals surface area contributed by atoms with Gasteiger partial charge in [0.15, 0.2) is 0 Å². The second-order valence-corrected chi connectivity index (χ2v) is 6.59. The van der Waals surface area contributed by atoms with Gasteiger partial charge in [-0.15, -0.1) is 0 Å². The molecule has 1 heterocycles. The third-order valence-electron chi connectivity index (χ3n) is 3.89. The van der Waals surface area contributed by atoms with Gasteiger partial charge in [-0.2, -0.15) is 0 Å². The lowest BCUT2D eigenvalue weighted by Gasteiger charge is -2.27. The summed E-state index contributed by atoms with van der Waals surface area (Å²) in [4.78, 5) is 0. The van der Waals surface area contributed by atoms with E-state index in [2.05, 4.69) is 63.7 Å². The van der Waals surface area contributed by atoms with Crippen LogP contribution in [0.5, 0.6) is 0 Å². The van der Waals surface area contributed by atoms with Crippen LogP contribution in [-0.2, 0) is 12.8 Å². The van der Waals surface area contributed by atoms with Gasteiger partial charge in [0, 0.05) is 16.2 Å². The van der Waals surface area contributed by atoms with Gasteiger partial charge in [0.1, 0.15) is 0 Å². The van der Waals surface area contributed by atoms with E-state index in [9.17, 15) is 0 Å². The Hall–Kier alpha value is -0.990. The first-order chi connectivity index (χ1) is 9.72. The number of hydrogen-bond donors (Lipinski definition) is 1. The molecule has 3 rings (SSSR count). The second-order valence-electron chi connectivity index (χ2n) is 5.33. The number of anilines is 1. The number of nitrogens with one attached hydrogen (secondary N) is 1. The Bertz CT molecular complexity index is 597. The summed E-state index contributed by atoms with van der Waals surface area (Å²) < 4.78 is 0.967. The second kappa shape index (κ2) is 6.19. The van der Waals surface area contributed by atoms with Gasteiger partial charge in [-0.25, -0.2) is 0 Å². The predicted molar refractivity (Wildman–Crippen MR) is 89.6 cm³/mol. The average molecular weight is 351 g/mol. The summed E-state index contributed by atoms with van der Waals surface area (Å²) in [5, 5.41) is 4.45. The third-order valence-corrected chi connectivity index (χ3v) is 5.09. The largest absolute Gasteiger partial charge is 0.382 e. The highest BCUT2D eigenvalue weighted by Gasteiger charge is 2.18. The van der Waals surface area contributed by atoms with Gasteiger partial charge in [0.25, 0.3) is 0 Å². The minimum absolute atomic E-state index is 0.552. The normalized spacial score (nSPS) is 17.4.